The highest BCUT2D eigenvalue weighted by Crippen LogP contribution is 2.22. The van der Waals surface area contributed by atoms with Gasteiger partial charge < -0.3 is 10.2 Å². The molecule has 1 aromatic heterocycles. The van der Waals surface area contributed by atoms with E-state index in [-0.39, 0.29) is 18.1 Å². The number of carbonyl (C=O) groups excluding carboxylic acids is 1. The molecule has 0 unspecified atom stereocenters. The van der Waals surface area contributed by atoms with Gasteiger partial charge in [0, 0.05) is 31.4 Å². The molecular formula is C17H20F2N4O. The highest BCUT2D eigenvalue weighted by molar-refractivity contribution is 5.74. The van der Waals surface area contributed by atoms with E-state index in [0.717, 1.165) is 36.6 Å². The smallest absolute Gasteiger partial charge is 0.317 e. The lowest BCUT2D eigenvalue weighted by Crippen LogP contribution is -2.44. The van der Waals surface area contributed by atoms with Gasteiger partial charge in [-0.2, -0.15) is 5.10 Å². The van der Waals surface area contributed by atoms with Crippen LogP contribution in [-0.2, 0) is 6.54 Å². The molecule has 128 valence electrons. The van der Waals surface area contributed by atoms with Crippen LogP contribution < -0.4 is 5.32 Å². The topological polar surface area (TPSA) is 50.2 Å². The molecule has 1 aromatic carbocycles. The number of likely N-dealkylation sites (tertiary alicyclic amines) is 1. The molecule has 0 radical (unpaired) electrons. The average molecular weight is 334 g/mol. The zero-order valence-corrected chi connectivity index (χ0v) is 13.5. The van der Waals surface area contributed by atoms with Gasteiger partial charge in [0.05, 0.1) is 12.2 Å². The highest BCUT2D eigenvalue weighted by atomic mass is 19.1. The van der Waals surface area contributed by atoms with Gasteiger partial charge in [0.1, 0.15) is 11.6 Å². The Bertz CT molecular complexity index is 723. The first kappa shape index (κ1) is 16.4. The fraction of sp³-hybridized carbons (Fsp3) is 0.412. The lowest BCUT2D eigenvalue weighted by Gasteiger charge is -2.32. The Labute approximate surface area is 139 Å². The SMILES string of the molecule is Cc1cnn(C2CCN(C(=O)NCc3cc(F)ccc3F)CC2)c1. The van der Waals surface area contributed by atoms with Crippen molar-refractivity contribution in [3.05, 3.63) is 53.4 Å². The standard InChI is InChI=1S/C17H20F2N4O/c1-12-9-21-23(11-12)15-4-6-22(7-5-15)17(24)20-10-13-8-14(18)2-3-16(13)19/h2-3,8-9,11,15H,4-7,10H2,1H3,(H,20,24). The van der Waals surface area contributed by atoms with Gasteiger partial charge in [-0.1, -0.05) is 0 Å². The van der Waals surface area contributed by atoms with Crippen molar-refractivity contribution in [1.82, 2.24) is 20.0 Å². The van der Waals surface area contributed by atoms with Crippen molar-refractivity contribution in [2.24, 2.45) is 0 Å². The second kappa shape index (κ2) is 6.98. The van der Waals surface area contributed by atoms with Gasteiger partial charge in [0.15, 0.2) is 0 Å². The number of aromatic nitrogens is 2. The van der Waals surface area contributed by atoms with Crippen molar-refractivity contribution >= 4 is 6.03 Å². The van der Waals surface area contributed by atoms with Gasteiger partial charge in [-0.25, -0.2) is 13.6 Å². The summed E-state index contributed by atoms with van der Waals surface area (Å²) in [5.74, 6) is -1.04. The predicted molar refractivity (Wildman–Crippen MR) is 85.4 cm³/mol. The van der Waals surface area contributed by atoms with Crippen LogP contribution in [0.4, 0.5) is 13.6 Å². The van der Waals surface area contributed by atoms with E-state index < -0.39 is 11.6 Å². The minimum absolute atomic E-state index is 0.0271. The minimum atomic E-state index is -0.524. The second-order valence-electron chi connectivity index (χ2n) is 6.11. The molecule has 5 nitrogen and oxygen atoms in total. The molecule has 1 fully saturated rings. The quantitative estimate of drug-likeness (QED) is 0.938. The number of hydrogen-bond donors (Lipinski definition) is 1. The second-order valence-corrected chi connectivity index (χ2v) is 6.11. The molecule has 7 heteroatoms. The molecule has 1 aliphatic rings. The molecule has 1 aliphatic heterocycles. The van der Waals surface area contributed by atoms with E-state index >= 15 is 0 Å². The van der Waals surface area contributed by atoms with Crippen LogP contribution in [0.1, 0.15) is 30.0 Å². The summed E-state index contributed by atoms with van der Waals surface area (Å²) in [7, 11) is 0. The highest BCUT2D eigenvalue weighted by Gasteiger charge is 2.24. The maximum atomic E-state index is 13.6. The van der Waals surface area contributed by atoms with E-state index in [1.165, 1.54) is 0 Å². The van der Waals surface area contributed by atoms with Crippen molar-refractivity contribution in [2.75, 3.05) is 13.1 Å². The summed E-state index contributed by atoms with van der Waals surface area (Å²) >= 11 is 0. The van der Waals surface area contributed by atoms with Crippen molar-refractivity contribution < 1.29 is 13.6 Å². The van der Waals surface area contributed by atoms with Crippen LogP contribution in [0.15, 0.2) is 30.6 Å². The summed E-state index contributed by atoms with van der Waals surface area (Å²) in [6.07, 6.45) is 5.48. The van der Waals surface area contributed by atoms with Gasteiger partial charge in [0.2, 0.25) is 0 Å². The third-order valence-electron chi connectivity index (χ3n) is 4.29. The van der Waals surface area contributed by atoms with E-state index in [9.17, 15) is 13.6 Å². The average Bonchev–Trinajstić information content (AvgIpc) is 3.02. The number of nitrogens with one attached hydrogen (secondary N) is 1. The molecule has 0 bridgehead atoms. The number of benzene rings is 1. The summed E-state index contributed by atoms with van der Waals surface area (Å²) in [5, 5.41) is 6.98. The summed E-state index contributed by atoms with van der Waals surface area (Å²) in [5.41, 5.74) is 1.26. The number of nitrogens with zero attached hydrogens (tertiary/aromatic N) is 3. The van der Waals surface area contributed by atoms with E-state index in [4.69, 9.17) is 0 Å². The number of urea groups is 1. The summed E-state index contributed by atoms with van der Waals surface area (Å²) in [6, 6.07) is 3.26. The Morgan fingerprint density at radius 3 is 2.75 bits per heavy atom. The Morgan fingerprint density at radius 2 is 2.08 bits per heavy atom. The Kier molecular flexibility index (Phi) is 4.78. The first-order chi connectivity index (χ1) is 11.5. The van der Waals surface area contributed by atoms with E-state index in [1.54, 1.807) is 4.90 Å². The fourth-order valence-electron chi connectivity index (χ4n) is 2.93. The third kappa shape index (κ3) is 3.72. The molecule has 2 amide bonds. The van der Waals surface area contributed by atoms with E-state index in [1.807, 2.05) is 24.0 Å². The Hall–Kier alpha value is -2.44. The molecule has 1 saturated heterocycles. The van der Waals surface area contributed by atoms with Crippen LogP contribution in [0.25, 0.3) is 0 Å². The lowest BCUT2D eigenvalue weighted by molar-refractivity contribution is 0.168. The monoisotopic (exact) mass is 334 g/mol. The fourth-order valence-corrected chi connectivity index (χ4v) is 2.93. The van der Waals surface area contributed by atoms with Crippen LogP contribution in [0.5, 0.6) is 0 Å². The number of amides is 2. The zero-order valence-electron chi connectivity index (χ0n) is 13.5. The number of piperidine rings is 1. The molecule has 1 N–H and O–H groups in total. The molecule has 2 heterocycles. The largest absolute Gasteiger partial charge is 0.334 e. The summed E-state index contributed by atoms with van der Waals surface area (Å²) in [4.78, 5) is 13.9. The predicted octanol–water partition coefficient (Wildman–Crippen LogP) is 3.02. The van der Waals surface area contributed by atoms with Crippen molar-refractivity contribution in [1.29, 1.82) is 0 Å². The van der Waals surface area contributed by atoms with Crippen molar-refractivity contribution in [3.8, 4) is 0 Å². The van der Waals surface area contributed by atoms with Gasteiger partial charge in [0.25, 0.3) is 0 Å². The summed E-state index contributed by atoms with van der Waals surface area (Å²) < 4.78 is 28.6. The van der Waals surface area contributed by atoms with Gasteiger partial charge in [-0.05, 0) is 43.5 Å². The van der Waals surface area contributed by atoms with E-state index in [2.05, 4.69) is 10.4 Å². The normalized spacial score (nSPS) is 15.5. The number of halogens is 2. The first-order valence-corrected chi connectivity index (χ1v) is 8.00. The van der Waals surface area contributed by atoms with E-state index in [0.29, 0.717) is 19.1 Å². The molecule has 0 spiro atoms. The molecule has 0 aliphatic carbocycles. The molecule has 24 heavy (non-hydrogen) atoms. The van der Waals surface area contributed by atoms with Crippen LogP contribution in [-0.4, -0.2) is 33.8 Å². The Balaban J connectivity index is 1.51. The number of rotatable bonds is 3. The Morgan fingerprint density at radius 1 is 1.33 bits per heavy atom. The van der Waals surface area contributed by atoms with Gasteiger partial charge in [-0.3, -0.25) is 4.68 Å². The number of carbonyl (C=O) groups is 1. The summed E-state index contributed by atoms with van der Waals surface area (Å²) in [6.45, 7) is 3.19. The number of hydrogen-bond acceptors (Lipinski definition) is 2. The maximum absolute atomic E-state index is 13.6. The van der Waals surface area contributed by atoms with Crippen LogP contribution in [0.3, 0.4) is 0 Å². The molecule has 0 saturated carbocycles. The van der Waals surface area contributed by atoms with Crippen LogP contribution in [0.2, 0.25) is 0 Å². The first-order valence-electron chi connectivity index (χ1n) is 8.00. The molecule has 0 atom stereocenters. The van der Waals surface area contributed by atoms with Gasteiger partial charge >= 0.3 is 6.03 Å². The zero-order chi connectivity index (χ0) is 17.1. The van der Waals surface area contributed by atoms with Crippen molar-refractivity contribution in [3.63, 3.8) is 0 Å². The molecule has 2 aromatic rings. The third-order valence-corrected chi connectivity index (χ3v) is 4.29. The maximum Gasteiger partial charge on any atom is 0.317 e. The minimum Gasteiger partial charge on any atom is -0.334 e. The van der Waals surface area contributed by atoms with Crippen molar-refractivity contribution in [2.45, 2.75) is 32.4 Å². The lowest BCUT2D eigenvalue weighted by atomic mass is 10.1. The number of aryl methyl sites for hydroxylation is 1. The molecule has 3 rings (SSSR count). The van der Waals surface area contributed by atoms with Gasteiger partial charge in [-0.15, -0.1) is 0 Å². The van der Waals surface area contributed by atoms with Crippen LogP contribution in [0, 0.1) is 18.6 Å². The van der Waals surface area contributed by atoms with Crippen LogP contribution >= 0.6 is 0 Å². The molecular weight excluding hydrogens is 314 g/mol.